The standard InChI is InChI=1S/C22H31NO5/c1-20-6-3-14(24)9-13(20)10-17(23-28-11-18(25)26)19-15(20)4-7-21(2)16(19)5-8-22(21)12-27-22/h10,14-16,19,24H,3-9,11-12H2,1-2H3,(H,25,26)/t14-,15?,16?,19?,20-,21-,22+/m0/s1. The van der Waals surface area contributed by atoms with E-state index in [1.54, 1.807) is 0 Å². The van der Waals surface area contributed by atoms with E-state index < -0.39 is 12.6 Å². The van der Waals surface area contributed by atoms with Crippen LogP contribution in [0, 0.1) is 28.6 Å². The van der Waals surface area contributed by atoms with Gasteiger partial charge in [-0.15, -0.1) is 0 Å². The monoisotopic (exact) mass is 389 g/mol. The number of allylic oxidation sites excluding steroid dienone is 1. The maximum absolute atomic E-state index is 10.9. The van der Waals surface area contributed by atoms with E-state index >= 15 is 0 Å². The van der Waals surface area contributed by atoms with Gasteiger partial charge in [0.2, 0.25) is 6.61 Å². The molecular weight excluding hydrogens is 358 g/mol. The lowest BCUT2D eigenvalue weighted by Gasteiger charge is -2.57. The fourth-order valence-corrected chi connectivity index (χ4v) is 7.31. The summed E-state index contributed by atoms with van der Waals surface area (Å²) in [6.07, 6.45) is 8.95. The molecule has 1 heterocycles. The summed E-state index contributed by atoms with van der Waals surface area (Å²) in [4.78, 5) is 16.1. The van der Waals surface area contributed by atoms with Crippen LogP contribution in [-0.2, 0) is 14.4 Å². The zero-order valence-corrected chi connectivity index (χ0v) is 16.8. The highest BCUT2D eigenvalue weighted by molar-refractivity contribution is 5.99. The van der Waals surface area contributed by atoms with Crippen LogP contribution in [0.15, 0.2) is 16.8 Å². The maximum Gasteiger partial charge on any atom is 0.344 e. The van der Waals surface area contributed by atoms with Gasteiger partial charge < -0.3 is 19.8 Å². The van der Waals surface area contributed by atoms with Crippen molar-refractivity contribution in [3.05, 3.63) is 11.6 Å². The van der Waals surface area contributed by atoms with Crippen LogP contribution in [0.4, 0.5) is 0 Å². The number of rotatable bonds is 3. The van der Waals surface area contributed by atoms with Crippen LogP contribution >= 0.6 is 0 Å². The summed E-state index contributed by atoms with van der Waals surface area (Å²) >= 11 is 0. The fraction of sp³-hybridized carbons (Fsp3) is 0.818. The molecule has 5 rings (SSSR count). The van der Waals surface area contributed by atoms with Gasteiger partial charge in [0.1, 0.15) is 0 Å². The van der Waals surface area contributed by atoms with E-state index in [1.165, 1.54) is 12.0 Å². The second kappa shape index (κ2) is 6.05. The molecule has 4 fully saturated rings. The molecule has 3 saturated carbocycles. The van der Waals surface area contributed by atoms with Crippen molar-refractivity contribution in [1.82, 2.24) is 0 Å². The van der Waals surface area contributed by atoms with E-state index in [0.717, 1.165) is 44.4 Å². The number of aliphatic hydroxyl groups is 1. The molecule has 0 bridgehead atoms. The second-order valence-electron chi connectivity index (χ2n) is 10.2. The molecule has 1 aliphatic heterocycles. The molecule has 154 valence electrons. The molecule has 0 aromatic heterocycles. The van der Waals surface area contributed by atoms with Crippen molar-refractivity contribution in [3.8, 4) is 0 Å². The molecule has 4 aliphatic carbocycles. The van der Waals surface area contributed by atoms with E-state index in [1.807, 2.05) is 0 Å². The molecule has 1 saturated heterocycles. The third kappa shape index (κ3) is 2.46. The molecule has 6 nitrogen and oxygen atoms in total. The lowest BCUT2D eigenvalue weighted by Crippen LogP contribution is -2.54. The van der Waals surface area contributed by atoms with Gasteiger partial charge in [-0.1, -0.05) is 24.6 Å². The third-order valence-electron chi connectivity index (χ3n) is 9.08. The first kappa shape index (κ1) is 18.6. The van der Waals surface area contributed by atoms with E-state index in [0.29, 0.717) is 18.3 Å². The molecule has 2 N–H and O–H groups in total. The highest BCUT2D eigenvalue weighted by atomic mass is 16.6. The normalized spacial score (nSPS) is 50.5. The Labute approximate surface area is 166 Å². The number of ether oxygens (including phenoxy) is 1. The Hall–Kier alpha value is -1.40. The molecule has 0 amide bonds. The smallest absolute Gasteiger partial charge is 0.344 e. The van der Waals surface area contributed by atoms with Gasteiger partial charge >= 0.3 is 5.97 Å². The van der Waals surface area contributed by atoms with Crippen LogP contribution in [0.3, 0.4) is 0 Å². The van der Waals surface area contributed by atoms with Gasteiger partial charge in [-0.3, -0.25) is 0 Å². The van der Waals surface area contributed by atoms with E-state index in [2.05, 4.69) is 25.1 Å². The summed E-state index contributed by atoms with van der Waals surface area (Å²) < 4.78 is 6.01. The number of carbonyl (C=O) groups is 1. The first-order valence-electron chi connectivity index (χ1n) is 10.7. The largest absolute Gasteiger partial charge is 0.479 e. The van der Waals surface area contributed by atoms with Gasteiger partial charge in [0, 0.05) is 11.3 Å². The Morgan fingerprint density at radius 3 is 2.71 bits per heavy atom. The van der Waals surface area contributed by atoms with Crippen molar-refractivity contribution in [2.75, 3.05) is 13.2 Å². The third-order valence-corrected chi connectivity index (χ3v) is 9.08. The van der Waals surface area contributed by atoms with Crippen LogP contribution in [0.5, 0.6) is 0 Å². The quantitative estimate of drug-likeness (QED) is 0.571. The fourth-order valence-electron chi connectivity index (χ4n) is 7.31. The maximum atomic E-state index is 10.9. The summed E-state index contributed by atoms with van der Waals surface area (Å²) in [6.45, 7) is 5.23. The Bertz CT molecular complexity index is 756. The number of oxime groups is 1. The molecule has 3 unspecified atom stereocenters. The number of aliphatic carboxylic acids is 1. The average Bonchev–Trinajstić information content (AvgIpc) is 3.37. The van der Waals surface area contributed by atoms with Gasteiger partial charge in [0.15, 0.2) is 0 Å². The average molecular weight is 389 g/mol. The second-order valence-corrected chi connectivity index (χ2v) is 10.2. The number of carboxylic acids is 1. The summed E-state index contributed by atoms with van der Waals surface area (Å²) in [5.74, 6) is 0.226. The Kier molecular flexibility index (Phi) is 4.02. The topological polar surface area (TPSA) is 91.7 Å². The number of hydrogen-bond acceptors (Lipinski definition) is 5. The molecule has 0 aromatic rings. The summed E-state index contributed by atoms with van der Waals surface area (Å²) in [7, 11) is 0. The number of aliphatic hydroxyl groups excluding tert-OH is 1. The molecule has 28 heavy (non-hydrogen) atoms. The van der Waals surface area contributed by atoms with Crippen molar-refractivity contribution in [2.24, 2.45) is 33.7 Å². The van der Waals surface area contributed by atoms with E-state index in [-0.39, 0.29) is 28.5 Å². The number of epoxide rings is 1. The number of carboxylic acid groups (broad SMARTS) is 1. The van der Waals surface area contributed by atoms with E-state index in [9.17, 15) is 9.90 Å². The van der Waals surface area contributed by atoms with Gasteiger partial charge in [0.05, 0.1) is 24.0 Å². The van der Waals surface area contributed by atoms with Gasteiger partial charge in [-0.05, 0) is 68.3 Å². The SMILES string of the molecule is C[C@]12CC[C@H](O)CC1=CC(=NOCC(=O)O)C1C2CC[C@@]2(C)C1CC[C@@]21CO1. The number of hydrogen-bond donors (Lipinski definition) is 2. The van der Waals surface area contributed by atoms with Gasteiger partial charge in [0.25, 0.3) is 0 Å². The van der Waals surface area contributed by atoms with Gasteiger partial charge in [-0.25, -0.2) is 4.79 Å². The van der Waals surface area contributed by atoms with Crippen LogP contribution < -0.4 is 0 Å². The first-order chi connectivity index (χ1) is 13.3. The molecule has 7 atom stereocenters. The van der Waals surface area contributed by atoms with Crippen molar-refractivity contribution in [2.45, 2.75) is 70.5 Å². The first-order valence-corrected chi connectivity index (χ1v) is 10.7. The minimum absolute atomic E-state index is 0.0589. The van der Waals surface area contributed by atoms with Crippen molar-refractivity contribution in [1.29, 1.82) is 0 Å². The Balaban J connectivity index is 1.55. The van der Waals surface area contributed by atoms with Crippen molar-refractivity contribution >= 4 is 11.7 Å². The summed E-state index contributed by atoms with van der Waals surface area (Å²) in [6, 6.07) is 0. The minimum Gasteiger partial charge on any atom is -0.479 e. The predicted molar refractivity (Wildman–Crippen MR) is 103 cm³/mol. The van der Waals surface area contributed by atoms with Crippen LogP contribution in [0.25, 0.3) is 0 Å². The molecular formula is C22H31NO5. The summed E-state index contributed by atoms with van der Waals surface area (Å²) in [5, 5.41) is 23.6. The van der Waals surface area contributed by atoms with E-state index in [4.69, 9.17) is 14.7 Å². The van der Waals surface area contributed by atoms with Crippen LogP contribution in [0.2, 0.25) is 0 Å². The number of fused-ring (bicyclic) bond motifs is 6. The lowest BCUT2D eigenvalue weighted by molar-refractivity contribution is -0.142. The number of nitrogens with zero attached hydrogens (tertiary/aromatic N) is 1. The Morgan fingerprint density at radius 2 is 2.00 bits per heavy atom. The van der Waals surface area contributed by atoms with Crippen molar-refractivity contribution in [3.63, 3.8) is 0 Å². The van der Waals surface area contributed by atoms with Gasteiger partial charge in [-0.2, -0.15) is 0 Å². The Morgan fingerprint density at radius 1 is 1.25 bits per heavy atom. The molecule has 0 aromatic carbocycles. The lowest BCUT2D eigenvalue weighted by atomic mass is 9.47. The van der Waals surface area contributed by atoms with Crippen LogP contribution in [-0.4, -0.2) is 46.8 Å². The predicted octanol–water partition coefficient (Wildman–Crippen LogP) is 3.15. The zero-order valence-electron chi connectivity index (χ0n) is 16.8. The summed E-state index contributed by atoms with van der Waals surface area (Å²) in [5.41, 5.74) is 2.48. The molecule has 6 heteroatoms. The molecule has 0 radical (unpaired) electrons. The highest BCUT2D eigenvalue weighted by Gasteiger charge is 2.70. The minimum atomic E-state index is -1.01. The van der Waals surface area contributed by atoms with Crippen LogP contribution in [0.1, 0.15) is 58.8 Å². The highest BCUT2D eigenvalue weighted by Crippen LogP contribution is 2.70. The zero-order chi connectivity index (χ0) is 19.7. The van der Waals surface area contributed by atoms with Crippen molar-refractivity contribution < 1.29 is 24.6 Å². The molecule has 1 spiro atoms. The molecule has 5 aliphatic rings.